The molecular formula is C16H21ClN2O4. The Kier molecular flexibility index (Phi) is 5.85. The van der Waals surface area contributed by atoms with Crippen LogP contribution in [0.4, 0.5) is 0 Å². The number of rotatable bonds is 7. The van der Waals surface area contributed by atoms with Gasteiger partial charge in [-0.2, -0.15) is 0 Å². The third-order valence-electron chi connectivity index (χ3n) is 3.94. The molecule has 1 aliphatic heterocycles. The molecule has 0 saturated carbocycles. The number of amides is 1. The number of halogens is 1. The quantitative estimate of drug-likeness (QED) is 0.738. The molecule has 0 aliphatic carbocycles. The maximum atomic E-state index is 11.9. The molecule has 0 bridgehead atoms. The predicted octanol–water partition coefficient (Wildman–Crippen LogP) is 1.63. The summed E-state index contributed by atoms with van der Waals surface area (Å²) in [7, 11) is 0. The zero-order valence-electron chi connectivity index (χ0n) is 13.0. The van der Waals surface area contributed by atoms with E-state index in [1.165, 1.54) is 0 Å². The SMILES string of the molecule is CC1(C(=O)O)CCN(CC(=O)NCCOc2ccc(Cl)cc2)C1. The fourth-order valence-electron chi connectivity index (χ4n) is 2.52. The molecule has 2 N–H and O–H groups in total. The van der Waals surface area contributed by atoms with Crippen molar-refractivity contribution in [3.8, 4) is 5.75 Å². The molecule has 23 heavy (non-hydrogen) atoms. The largest absolute Gasteiger partial charge is 0.492 e. The first kappa shape index (κ1) is 17.6. The molecule has 1 amide bonds. The molecule has 1 aromatic rings. The van der Waals surface area contributed by atoms with E-state index in [1.54, 1.807) is 31.2 Å². The standard InChI is InChI=1S/C16H21ClN2O4/c1-16(15(21)22)6-8-19(11-16)10-14(20)18-7-9-23-13-4-2-12(17)3-5-13/h2-5H,6-11H2,1H3,(H,18,20)(H,21,22). The summed E-state index contributed by atoms with van der Waals surface area (Å²) in [5, 5.41) is 12.6. The maximum Gasteiger partial charge on any atom is 0.310 e. The van der Waals surface area contributed by atoms with Crippen LogP contribution in [0, 0.1) is 5.41 Å². The lowest BCUT2D eigenvalue weighted by Crippen LogP contribution is -2.39. The van der Waals surface area contributed by atoms with Crippen molar-refractivity contribution in [3.05, 3.63) is 29.3 Å². The second-order valence-corrected chi connectivity index (χ2v) is 6.42. The number of nitrogens with one attached hydrogen (secondary N) is 1. The minimum atomic E-state index is -0.809. The van der Waals surface area contributed by atoms with Gasteiger partial charge >= 0.3 is 5.97 Å². The molecule has 1 aliphatic rings. The Labute approximate surface area is 140 Å². The summed E-state index contributed by atoms with van der Waals surface area (Å²) in [5.41, 5.74) is -0.752. The van der Waals surface area contributed by atoms with E-state index in [0.29, 0.717) is 43.4 Å². The van der Waals surface area contributed by atoms with Gasteiger partial charge in [0.25, 0.3) is 0 Å². The van der Waals surface area contributed by atoms with Gasteiger partial charge in [-0.05, 0) is 44.2 Å². The Hall–Kier alpha value is -1.79. The van der Waals surface area contributed by atoms with Crippen molar-refractivity contribution in [2.24, 2.45) is 5.41 Å². The summed E-state index contributed by atoms with van der Waals surface area (Å²) in [6, 6.07) is 7.01. The van der Waals surface area contributed by atoms with Crippen molar-refractivity contribution in [1.82, 2.24) is 10.2 Å². The Bertz CT molecular complexity index is 564. The van der Waals surface area contributed by atoms with Gasteiger partial charge in [0, 0.05) is 11.6 Å². The lowest BCUT2D eigenvalue weighted by atomic mass is 9.90. The van der Waals surface area contributed by atoms with Crippen LogP contribution < -0.4 is 10.1 Å². The molecule has 1 saturated heterocycles. The monoisotopic (exact) mass is 340 g/mol. The van der Waals surface area contributed by atoms with Crippen LogP contribution in [0.3, 0.4) is 0 Å². The first-order chi connectivity index (χ1) is 10.9. The molecule has 7 heteroatoms. The van der Waals surface area contributed by atoms with Gasteiger partial charge in [0.1, 0.15) is 12.4 Å². The molecule has 1 atom stereocenters. The molecule has 0 spiro atoms. The number of carboxylic acid groups (broad SMARTS) is 1. The highest BCUT2D eigenvalue weighted by Gasteiger charge is 2.40. The maximum absolute atomic E-state index is 11.9. The number of carboxylic acids is 1. The summed E-state index contributed by atoms with van der Waals surface area (Å²) in [6.07, 6.45) is 0.565. The van der Waals surface area contributed by atoms with E-state index in [4.69, 9.17) is 16.3 Å². The zero-order chi connectivity index (χ0) is 16.9. The fraction of sp³-hybridized carbons (Fsp3) is 0.500. The van der Waals surface area contributed by atoms with E-state index in [0.717, 1.165) is 0 Å². The van der Waals surface area contributed by atoms with Gasteiger partial charge in [-0.25, -0.2) is 0 Å². The van der Waals surface area contributed by atoms with Gasteiger partial charge in [0.05, 0.1) is 18.5 Å². The molecule has 2 rings (SSSR count). The van der Waals surface area contributed by atoms with Crippen molar-refractivity contribution < 1.29 is 19.4 Å². The van der Waals surface area contributed by atoms with Crippen molar-refractivity contribution in [3.63, 3.8) is 0 Å². The molecule has 0 aromatic heterocycles. The summed E-state index contributed by atoms with van der Waals surface area (Å²) >= 11 is 5.78. The van der Waals surface area contributed by atoms with Crippen molar-refractivity contribution in [2.75, 3.05) is 32.8 Å². The van der Waals surface area contributed by atoms with Crippen LogP contribution >= 0.6 is 11.6 Å². The van der Waals surface area contributed by atoms with Gasteiger partial charge in [-0.3, -0.25) is 14.5 Å². The van der Waals surface area contributed by atoms with Crippen LogP contribution in [-0.2, 0) is 9.59 Å². The number of benzene rings is 1. The van der Waals surface area contributed by atoms with Crippen molar-refractivity contribution >= 4 is 23.5 Å². The van der Waals surface area contributed by atoms with E-state index in [2.05, 4.69) is 5.32 Å². The van der Waals surface area contributed by atoms with Gasteiger partial charge in [0.2, 0.25) is 5.91 Å². The van der Waals surface area contributed by atoms with E-state index >= 15 is 0 Å². The minimum Gasteiger partial charge on any atom is -0.492 e. The second kappa shape index (κ2) is 7.66. The normalized spacial score (nSPS) is 21.1. The summed E-state index contributed by atoms with van der Waals surface area (Å²) in [6.45, 7) is 3.71. The van der Waals surface area contributed by atoms with Crippen LogP contribution in [-0.4, -0.2) is 54.7 Å². The number of hydrogen-bond donors (Lipinski definition) is 2. The molecular weight excluding hydrogens is 320 g/mol. The smallest absolute Gasteiger partial charge is 0.310 e. The van der Waals surface area contributed by atoms with Gasteiger partial charge in [-0.1, -0.05) is 11.6 Å². The first-order valence-electron chi connectivity index (χ1n) is 7.50. The average Bonchev–Trinajstić information content (AvgIpc) is 2.88. The van der Waals surface area contributed by atoms with Crippen LogP contribution in [0.15, 0.2) is 24.3 Å². The number of ether oxygens (including phenoxy) is 1. The van der Waals surface area contributed by atoms with Gasteiger partial charge in [-0.15, -0.1) is 0 Å². The lowest BCUT2D eigenvalue weighted by Gasteiger charge is -2.19. The topological polar surface area (TPSA) is 78.9 Å². The van der Waals surface area contributed by atoms with Crippen LogP contribution in [0.5, 0.6) is 5.75 Å². The van der Waals surface area contributed by atoms with E-state index in [-0.39, 0.29) is 12.5 Å². The van der Waals surface area contributed by atoms with Crippen molar-refractivity contribution in [2.45, 2.75) is 13.3 Å². The minimum absolute atomic E-state index is 0.126. The number of aliphatic carboxylic acids is 1. The Morgan fingerprint density at radius 2 is 2.09 bits per heavy atom. The number of hydrogen-bond acceptors (Lipinski definition) is 4. The Balaban J connectivity index is 1.64. The Morgan fingerprint density at radius 1 is 1.39 bits per heavy atom. The third-order valence-corrected chi connectivity index (χ3v) is 4.19. The molecule has 1 unspecified atom stereocenters. The number of carbonyl (C=O) groups is 2. The predicted molar refractivity (Wildman–Crippen MR) is 86.8 cm³/mol. The molecule has 6 nitrogen and oxygen atoms in total. The summed E-state index contributed by atoms with van der Waals surface area (Å²) in [4.78, 5) is 24.9. The number of likely N-dealkylation sites (tertiary alicyclic amines) is 1. The fourth-order valence-corrected chi connectivity index (χ4v) is 2.64. The van der Waals surface area contributed by atoms with Crippen LogP contribution in [0.25, 0.3) is 0 Å². The Morgan fingerprint density at radius 3 is 2.70 bits per heavy atom. The van der Waals surface area contributed by atoms with E-state index < -0.39 is 11.4 Å². The first-order valence-corrected chi connectivity index (χ1v) is 7.88. The third kappa shape index (κ3) is 5.11. The van der Waals surface area contributed by atoms with E-state index in [9.17, 15) is 14.7 Å². The number of carbonyl (C=O) groups excluding carboxylic acids is 1. The second-order valence-electron chi connectivity index (χ2n) is 5.98. The number of nitrogens with zero attached hydrogens (tertiary/aromatic N) is 1. The van der Waals surface area contributed by atoms with Crippen LogP contribution in [0.2, 0.25) is 5.02 Å². The molecule has 1 aromatic carbocycles. The molecule has 1 heterocycles. The summed E-state index contributed by atoms with van der Waals surface area (Å²) in [5.74, 6) is -0.239. The summed E-state index contributed by atoms with van der Waals surface area (Å²) < 4.78 is 5.48. The highest BCUT2D eigenvalue weighted by molar-refractivity contribution is 6.30. The molecule has 126 valence electrons. The lowest BCUT2D eigenvalue weighted by molar-refractivity contribution is -0.147. The molecule has 1 fully saturated rings. The van der Waals surface area contributed by atoms with Gasteiger partial charge < -0.3 is 15.2 Å². The van der Waals surface area contributed by atoms with Crippen molar-refractivity contribution in [1.29, 1.82) is 0 Å². The highest BCUT2D eigenvalue weighted by Crippen LogP contribution is 2.29. The molecule has 0 radical (unpaired) electrons. The zero-order valence-corrected chi connectivity index (χ0v) is 13.8. The van der Waals surface area contributed by atoms with Crippen LogP contribution in [0.1, 0.15) is 13.3 Å². The highest BCUT2D eigenvalue weighted by atomic mass is 35.5. The van der Waals surface area contributed by atoms with E-state index in [1.807, 2.05) is 4.90 Å². The average molecular weight is 341 g/mol. The van der Waals surface area contributed by atoms with Gasteiger partial charge in [0.15, 0.2) is 0 Å².